The lowest BCUT2D eigenvalue weighted by atomic mass is 10.2. The fourth-order valence-electron chi connectivity index (χ4n) is 3.15. The van der Waals surface area contributed by atoms with E-state index in [1.54, 1.807) is 6.07 Å². The summed E-state index contributed by atoms with van der Waals surface area (Å²) in [4.78, 5) is 31.1. The van der Waals surface area contributed by atoms with Crippen LogP contribution < -0.4 is 10.9 Å². The van der Waals surface area contributed by atoms with E-state index in [9.17, 15) is 9.59 Å². The van der Waals surface area contributed by atoms with E-state index in [2.05, 4.69) is 15.3 Å². The van der Waals surface area contributed by atoms with Crippen molar-refractivity contribution in [3.63, 3.8) is 0 Å². The molecule has 7 heteroatoms. The van der Waals surface area contributed by atoms with Crippen molar-refractivity contribution in [3.05, 3.63) is 40.4 Å². The third-order valence-corrected chi connectivity index (χ3v) is 4.59. The Morgan fingerprint density at radius 3 is 3.07 bits per heavy atom. The van der Waals surface area contributed by atoms with Crippen molar-refractivity contribution in [1.29, 1.82) is 0 Å². The lowest BCUT2D eigenvalue weighted by Gasteiger charge is -2.10. The molecule has 1 aromatic heterocycles. The van der Waals surface area contributed by atoms with Crippen LogP contribution in [0.2, 0.25) is 0 Å². The van der Waals surface area contributed by atoms with Crippen LogP contribution in [0.5, 0.6) is 0 Å². The fourth-order valence-corrected chi connectivity index (χ4v) is 3.15. The molecule has 0 spiro atoms. The van der Waals surface area contributed by atoms with Crippen LogP contribution in [0, 0.1) is 0 Å². The highest BCUT2D eigenvalue weighted by atomic mass is 16.5. The SMILES string of the molecule is O=C(CCCc1nc2ccccc2c(=O)[nH]1)NCCCOCC1CCCO1. The number of carbonyl (C=O) groups is 1. The molecule has 0 aliphatic carbocycles. The summed E-state index contributed by atoms with van der Waals surface area (Å²) >= 11 is 0. The second kappa shape index (κ2) is 10.2. The molecule has 3 rings (SSSR count). The smallest absolute Gasteiger partial charge is 0.258 e. The van der Waals surface area contributed by atoms with E-state index in [1.165, 1.54) is 0 Å². The minimum absolute atomic E-state index is 0.0114. The van der Waals surface area contributed by atoms with E-state index in [-0.39, 0.29) is 17.6 Å². The average Bonchev–Trinajstić information content (AvgIpc) is 3.18. The first-order valence-electron chi connectivity index (χ1n) is 9.66. The third kappa shape index (κ3) is 6.15. The maximum absolute atomic E-state index is 12.0. The molecule has 146 valence electrons. The largest absolute Gasteiger partial charge is 0.379 e. The second-order valence-corrected chi connectivity index (χ2v) is 6.80. The van der Waals surface area contributed by atoms with Gasteiger partial charge in [0.2, 0.25) is 5.91 Å². The van der Waals surface area contributed by atoms with Gasteiger partial charge in [-0.1, -0.05) is 12.1 Å². The van der Waals surface area contributed by atoms with E-state index in [1.807, 2.05) is 18.2 Å². The topological polar surface area (TPSA) is 93.3 Å². The quantitative estimate of drug-likeness (QED) is 0.621. The highest BCUT2D eigenvalue weighted by Gasteiger charge is 2.14. The Morgan fingerprint density at radius 1 is 1.33 bits per heavy atom. The van der Waals surface area contributed by atoms with Gasteiger partial charge < -0.3 is 19.8 Å². The fraction of sp³-hybridized carbons (Fsp3) is 0.550. The van der Waals surface area contributed by atoms with E-state index in [0.717, 1.165) is 25.9 Å². The number of rotatable bonds is 10. The molecule has 1 unspecified atom stereocenters. The van der Waals surface area contributed by atoms with Gasteiger partial charge in [0.1, 0.15) is 5.82 Å². The van der Waals surface area contributed by atoms with Gasteiger partial charge in [0.05, 0.1) is 23.6 Å². The van der Waals surface area contributed by atoms with Crippen molar-refractivity contribution in [2.24, 2.45) is 0 Å². The van der Waals surface area contributed by atoms with Crippen LogP contribution in [-0.4, -0.2) is 48.3 Å². The number of aromatic amines is 1. The minimum atomic E-state index is -0.136. The van der Waals surface area contributed by atoms with Gasteiger partial charge in [-0.3, -0.25) is 9.59 Å². The second-order valence-electron chi connectivity index (χ2n) is 6.80. The van der Waals surface area contributed by atoms with Gasteiger partial charge in [-0.25, -0.2) is 4.98 Å². The number of aromatic nitrogens is 2. The monoisotopic (exact) mass is 373 g/mol. The number of nitrogens with zero attached hydrogens (tertiary/aromatic N) is 1. The zero-order chi connectivity index (χ0) is 18.9. The summed E-state index contributed by atoms with van der Waals surface area (Å²) in [5.74, 6) is 0.631. The number of amides is 1. The number of carbonyl (C=O) groups excluding carboxylic acids is 1. The molecule has 2 N–H and O–H groups in total. The highest BCUT2D eigenvalue weighted by molar-refractivity contribution is 5.77. The van der Waals surface area contributed by atoms with Crippen LogP contribution in [0.1, 0.15) is 37.9 Å². The summed E-state index contributed by atoms with van der Waals surface area (Å²) in [5.41, 5.74) is 0.548. The van der Waals surface area contributed by atoms with Crippen molar-refractivity contribution in [2.75, 3.05) is 26.4 Å². The van der Waals surface area contributed by atoms with Gasteiger partial charge in [0.15, 0.2) is 0 Å². The summed E-state index contributed by atoms with van der Waals surface area (Å²) in [5, 5.41) is 3.48. The molecule has 1 aliphatic rings. The number of ether oxygens (including phenoxy) is 2. The Balaban J connectivity index is 1.28. The normalized spacial score (nSPS) is 16.7. The number of fused-ring (bicyclic) bond motifs is 1. The molecule has 1 fully saturated rings. The molecule has 0 saturated carbocycles. The number of H-pyrrole nitrogens is 1. The number of hydrogen-bond donors (Lipinski definition) is 2. The number of aryl methyl sites for hydroxylation is 1. The lowest BCUT2D eigenvalue weighted by Crippen LogP contribution is -2.25. The number of para-hydroxylation sites is 1. The molecule has 1 aromatic carbocycles. The molecule has 1 amide bonds. The summed E-state index contributed by atoms with van der Waals surface area (Å²) in [7, 11) is 0. The van der Waals surface area contributed by atoms with Gasteiger partial charge in [0, 0.05) is 32.6 Å². The van der Waals surface area contributed by atoms with Gasteiger partial charge in [0.25, 0.3) is 5.56 Å². The van der Waals surface area contributed by atoms with Gasteiger partial charge in [-0.05, 0) is 37.8 Å². The average molecular weight is 373 g/mol. The van der Waals surface area contributed by atoms with Crippen molar-refractivity contribution < 1.29 is 14.3 Å². The predicted octanol–water partition coefficient (Wildman–Crippen LogP) is 1.95. The molecule has 2 heterocycles. The van der Waals surface area contributed by atoms with E-state index in [0.29, 0.717) is 55.7 Å². The van der Waals surface area contributed by atoms with E-state index < -0.39 is 0 Å². The first-order chi connectivity index (χ1) is 13.2. The molecule has 1 saturated heterocycles. The first-order valence-corrected chi connectivity index (χ1v) is 9.66. The zero-order valence-electron chi connectivity index (χ0n) is 15.5. The molecule has 2 aromatic rings. The molecule has 7 nitrogen and oxygen atoms in total. The number of nitrogens with one attached hydrogen (secondary N) is 2. The van der Waals surface area contributed by atoms with Crippen LogP contribution in [0.15, 0.2) is 29.1 Å². The Kier molecular flexibility index (Phi) is 7.36. The van der Waals surface area contributed by atoms with Gasteiger partial charge >= 0.3 is 0 Å². The third-order valence-electron chi connectivity index (χ3n) is 4.59. The van der Waals surface area contributed by atoms with E-state index >= 15 is 0 Å². The first kappa shape index (κ1) is 19.5. The van der Waals surface area contributed by atoms with Gasteiger partial charge in [-0.15, -0.1) is 0 Å². The molecular weight excluding hydrogens is 346 g/mol. The molecule has 1 aliphatic heterocycles. The molecule has 0 radical (unpaired) electrons. The van der Waals surface area contributed by atoms with Crippen molar-refractivity contribution in [3.8, 4) is 0 Å². The summed E-state index contributed by atoms with van der Waals surface area (Å²) in [6.45, 7) is 2.72. The summed E-state index contributed by atoms with van der Waals surface area (Å²) in [6, 6.07) is 7.25. The molecule has 0 bridgehead atoms. The van der Waals surface area contributed by atoms with Crippen molar-refractivity contribution >= 4 is 16.8 Å². The Hall–Kier alpha value is -2.25. The van der Waals surface area contributed by atoms with Gasteiger partial charge in [-0.2, -0.15) is 0 Å². The van der Waals surface area contributed by atoms with Crippen LogP contribution in [-0.2, 0) is 20.7 Å². The van der Waals surface area contributed by atoms with Crippen molar-refractivity contribution in [2.45, 2.75) is 44.6 Å². The van der Waals surface area contributed by atoms with Crippen molar-refractivity contribution in [1.82, 2.24) is 15.3 Å². The standard InChI is InChI=1S/C20H27N3O4/c24-19(21-11-5-12-26-14-15-6-4-13-27-15)10-3-9-18-22-17-8-2-1-7-16(17)20(25)23-18/h1-2,7-8,15H,3-6,9-14H2,(H,21,24)(H,22,23,25). The Labute approximate surface area is 158 Å². The zero-order valence-corrected chi connectivity index (χ0v) is 15.5. The number of benzene rings is 1. The van der Waals surface area contributed by atoms with Crippen LogP contribution in [0.25, 0.3) is 10.9 Å². The van der Waals surface area contributed by atoms with E-state index in [4.69, 9.17) is 9.47 Å². The minimum Gasteiger partial charge on any atom is -0.379 e. The molecular formula is C20H27N3O4. The molecule has 27 heavy (non-hydrogen) atoms. The molecule has 1 atom stereocenters. The summed E-state index contributed by atoms with van der Waals surface area (Å²) in [6.07, 6.45) is 4.85. The maximum Gasteiger partial charge on any atom is 0.258 e. The van der Waals surface area contributed by atoms with Crippen LogP contribution in [0.3, 0.4) is 0 Å². The summed E-state index contributed by atoms with van der Waals surface area (Å²) < 4.78 is 11.1. The number of hydrogen-bond acceptors (Lipinski definition) is 5. The Bertz CT molecular complexity index is 799. The van der Waals surface area contributed by atoms with Crippen LogP contribution >= 0.6 is 0 Å². The lowest BCUT2D eigenvalue weighted by molar-refractivity contribution is -0.121. The predicted molar refractivity (Wildman–Crippen MR) is 103 cm³/mol. The van der Waals surface area contributed by atoms with Crippen LogP contribution in [0.4, 0.5) is 0 Å². The Morgan fingerprint density at radius 2 is 2.22 bits per heavy atom. The maximum atomic E-state index is 12.0. The highest BCUT2D eigenvalue weighted by Crippen LogP contribution is 2.11.